The molecule has 0 atom stereocenters. The van der Waals surface area contributed by atoms with Crippen molar-refractivity contribution in [1.29, 1.82) is 0 Å². The summed E-state index contributed by atoms with van der Waals surface area (Å²) in [5.41, 5.74) is 0. The van der Waals surface area contributed by atoms with E-state index in [1.54, 1.807) is 31.4 Å². The summed E-state index contributed by atoms with van der Waals surface area (Å²) in [6, 6.07) is 6.46. The summed E-state index contributed by atoms with van der Waals surface area (Å²) in [5, 5.41) is 2.94. The highest BCUT2D eigenvalue weighted by molar-refractivity contribution is 7.89. The van der Waals surface area contributed by atoms with Gasteiger partial charge in [0.2, 0.25) is 21.8 Å². The maximum Gasteiger partial charge on any atom is 0.243 e. The first-order valence-corrected chi connectivity index (χ1v) is 13.6. The molecule has 0 unspecified atom stereocenters. The lowest BCUT2D eigenvalue weighted by Crippen LogP contribution is -2.48. The lowest BCUT2D eigenvalue weighted by atomic mass is 9.92. The third-order valence-corrected chi connectivity index (χ3v) is 8.49. The van der Waals surface area contributed by atoms with E-state index in [2.05, 4.69) is 5.32 Å². The zero-order valence-corrected chi connectivity index (χ0v) is 21.0. The van der Waals surface area contributed by atoms with Crippen molar-refractivity contribution >= 4 is 21.8 Å². The second-order valence-electron chi connectivity index (χ2n) is 8.82. The number of carbonyl (C=O) groups excluding carboxylic acids is 2. The van der Waals surface area contributed by atoms with Crippen molar-refractivity contribution in [2.24, 2.45) is 11.8 Å². The fraction of sp³-hybridized carbons (Fsp3) is 0.667. The number of nitrogens with zero attached hydrogens (tertiary/aromatic N) is 2. The van der Waals surface area contributed by atoms with Crippen LogP contribution in [0.1, 0.15) is 39.0 Å². The first-order chi connectivity index (χ1) is 16.4. The van der Waals surface area contributed by atoms with Crippen LogP contribution in [0.4, 0.5) is 0 Å². The van der Waals surface area contributed by atoms with Gasteiger partial charge < -0.3 is 19.7 Å². The number of benzene rings is 1. The number of methoxy groups -OCH3 is 1. The molecule has 0 aliphatic carbocycles. The summed E-state index contributed by atoms with van der Waals surface area (Å²) in [7, 11) is -1.96. The molecule has 10 heteroatoms. The van der Waals surface area contributed by atoms with Gasteiger partial charge in [-0.1, -0.05) is 0 Å². The van der Waals surface area contributed by atoms with Crippen LogP contribution in [-0.2, 0) is 24.3 Å². The van der Waals surface area contributed by atoms with Crippen LogP contribution in [0, 0.1) is 11.8 Å². The molecule has 0 saturated carbocycles. The Morgan fingerprint density at radius 1 is 1.00 bits per heavy atom. The topological polar surface area (TPSA) is 105 Å². The number of amides is 2. The number of likely N-dealkylation sites (tertiary alicyclic amines) is 1. The average Bonchev–Trinajstić information content (AvgIpc) is 2.87. The lowest BCUT2D eigenvalue weighted by molar-refractivity contribution is -0.140. The quantitative estimate of drug-likeness (QED) is 0.497. The summed E-state index contributed by atoms with van der Waals surface area (Å²) in [6.07, 6.45) is 3.12. The van der Waals surface area contributed by atoms with Crippen molar-refractivity contribution in [3.63, 3.8) is 0 Å². The second kappa shape index (κ2) is 12.5. The number of piperidine rings is 2. The normalized spacial score (nSPS) is 18.6. The molecule has 2 saturated heterocycles. The van der Waals surface area contributed by atoms with Gasteiger partial charge in [0.25, 0.3) is 0 Å². The van der Waals surface area contributed by atoms with E-state index in [0.717, 1.165) is 6.42 Å². The van der Waals surface area contributed by atoms with E-state index in [9.17, 15) is 18.0 Å². The fourth-order valence-corrected chi connectivity index (χ4v) is 6.03. The fourth-order valence-electron chi connectivity index (χ4n) is 4.56. The molecule has 9 nitrogen and oxygen atoms in total. The van der Waals surface area contributed by atoms with E-state index < -0.39 is 10.0 Å². The first-order valence-electron chi connectivity index (χ1n) is 12.1. The van der Waals surface area contributed by atoms with Gasteiger partial charge in [0.1, 0.15) is 5.75 Å². The molecule has 1 N–H and O–H groups in total. The molecule has 2 aliphatic rings. The van der Waals surface area contributed by atoms with E-state index in [-0.39, 0.29) is 28.5 Å². The van der Waals surface area contributed by atoms with Crippen molar-refractivity contribution < 1.29 is 27.5 Å². The van der Waals surface area contributed by atoms with Crippen LogP contribution in [0.3, 0.4) is 0 Å². The predicted molar refractivity (Wildman–Crippen MR) is 128 cm³/mol. The zero-order chi connectivity index (χ0) is 24.6. The molecule has 1 aromatic rings. The van der Waals surface area contributed by atoms with Gasteiger partial charge in [-0.2, -0.15) is 4.31 Å². The molecule has 1 aromatic carbocycles. The molecule has 0 radical (unpaired) electrons. The highest BCUT2D eigenvalue weighted by Crippen LogP contribution is 2.28. The molecule has 2 aliphatic heterocycles. The minimum absolute atomic E-state index is 0.0519. The maximum atomic E-state index is 13.0. The standard InChI is InChI=1S/C24H37N3O6S/c1-3-33-21-5-7-22(8-6-21)34(30,31)27-16-11-20(12-17-27)24(29)26-14-9-19(10-15-26)23(28)25-13-4-18-32-2/h5-8,19-20H,3-4,9-18H2,1-2H3,(H,25,28). The third kappa shape index (κ3) is 6.70. The van der Waals surface area contributed by atoms with Gasteiger partial charge in [0, 0.05) is 58.3 Å². The third-order valence-electron chi connectivity index (χ3n) is 6.58. The Morgan fingerprint density at radius 3 is 2.21 bits per heavy atom. The molecule has 0 spiro atoms. The van der Waals surface area contributed by atoms with Crippen LogP contribution in [-0.4, -0.2) is 82.5 Å². The second-order valence-corrected chi connectivity index (χ2v) is 10.8. The summed E-state index contributed by atoms with van der Waals surface area (Å²) < 4.78 is 37.8. The highest BCUT2D eigenvalue weighted by atomic mass is 32.2. The minimum Gasteiger partial charge on any atom is -0.494 e. The van der Waals surface area contributed by atoms with Gasteiger partial charge in [-0.15, -0.1) is 0 Å². The van der Waals surface area contributed by atoms with E-state index in [4.69, 9.17) is 9.47 Å². The SMILES string of the molecule is CCOc1ccc(S(=O)(=O)N2CCC(C(=O)N3CCC(C(=O)NCCCOC)CC3)CC2)cc1. The molecule has 34 heavy (non-hydrogen) atoms. The highest BCUT2D eigenvalue weighted by Gasteiger charge is 2.35. The van der Waals surface area contributed by atoms with Crippen LogP contribution < -0.4 is 10.1 Å². The molecular weight excluding hydrogens is 458 g/mol. The molecular formula is C24H37N3O6S. The number of carbonyl (C=O) groups is 2. The van der Waals surface area contributed by atoms with Gasteiger partial charge in [0.05, 0.1) is 11.5 Å². The van der Waals surface area contributed by atoms with Crippen LogP contribution in [0.25, 0.3) is 0 Å². The van der Waals surface area contributed by atoms with Crippen LogP contribution >= 0.6 is 0 Å². The van der Waals surface area contributed by atoms with Crippen molar-refractivity contribution in [2.45, 2.75) is 43.9 Å². The Bertz CT molecular complexity index is 905. The first kappa shape index (κ1) is 26.4. The molecule has 0 bridgehead atoms. The lowest BCUT2D eigenvalue weighted by Gasteiger charge is -2.36. The monoisotopic (exact) mass is 495 g/mol. The van der Waals surface area contributed by atoms with Crippen LogP contribution in [0.2, 0.25) is 0 Å². The van der Waals surface area contributed by atoms with Gasteiger partial charge >= 0.3 is 0 Å². The predicted octanol–water partition coefficient (Wildman–Crippen LogP) is 1.88. The van der Waals surface area contributed by atoms with E-state index in [0.29, 0.717) is 77.4 Å². The largest absolute Gasteiger partial charge is 0.494 e. The van der Waals surface area contributed by atoms with Gasteiger partial charge in [-0.3, -0.25) is 9.59 Å². The van der Waals surface area contributed by atoms with Gasteiger partial charge in [0.15, 0.2) is 0 Å². The summed E-state index contributed by atoms with van der Waals surface area (Å²) in [5.74, 6) is 0.532. The smallest absolute Gasteiger partial charge is 0.243 e. The molecule has 2 fully saturated rings. The van der Waals surface area contributed by atoms with Crippen molar-refractivity contribution in [2.75, 3.05) is 53.0 Å². The maximum absolute atomic E-state index is 13.0. The van der Waals surface area contributed by atoms with E-state index in [1.807, 2.05) is 11.8 Å². The molecule has 2 amide bonds. The van der Waals surface area contributed by atoms with E-state index >= 15 is 0 Å². The minimum atomic E-state index is -3.60. The average molecular weight is 496 g/mol. The Kier molecular flexibility index (Phi) is 9.73. The van der Waals surface area contributed by atoms with Crippen molar-refractivity contribution in [3.8, 4) is 5.75 Å². The molecule has 190 valence electrons. The van der Waals surface area contributed by atoms with Crippen LogP contribution in [0.15, 0.2) is 29.2 Å². The summed E-state index contributed by atoms with van der Waals surface area (Å²) >= 11 is 0. The molecule has 3 rings (SSSR count). The molecule has 0 aromatic heterocycles. The number of hydrogen-bond donors (Lipinski definition) is 1. The summed E-state index contributed by atoms with van der Waals surface area (Å²) in [4.78, 5) is 27.4. The molecule has 2 heterocycles. The Labute approximate surface area is 202 Å². The zero-order valence-electron chi connectivity index (χ0n) is 20.2. The van der Waals surface area contributed by atoms with Gasteiger partial charge in [-0.25, -0.2) is 8.42 Å². The number of ether oxygens (including phenoxy) is 2. The summed E-state index contributed by atoms with van der Waals surface area (Å²) in [6.45, 7) is 5.41. The van der Waals surface area contributed by atoms with E-state index in [1.165, 1.54) is 4.31 Å². The Morgan fingerprint density at radius 2 is 1.62 bits per heavy atom. The number of hydrogen-bond acceptors (Lipinski definition) is 6. The van der Waals surface area contributed by atoms with Crippen molar-refractivity contribution in [1.82, 2.24) is 14.5 Å². The van der Waals surface area contributed by atoms with Gasteiger partial charge in [-0.05, 0) is 63.3 Å². The van der Waals surface area contributed by atoms with Crippen molar-refractivity contribution in [3.05, 3.63) is 24.3 Å². The Hall–Kier alpha value is -2.17. The number of rotatable bonds is 10. The Balaban J connectivity index is 1.45. The number of sulfonamides is 1. The number of nitrogens with one attached hydrogen (secondary N) is 1. The van der Waals surface area contributed by atoms with Crippen LogP contribution in [0.5, 0.6) is 5.75 Å².